The number of aromatic nitrogens is 2. The number of aliphatic imine (C=N–C) groups is 1. The van der Waals surface area contributed by atoms with Crippen molar-refractivity contribution in [3.8, 4) is 0 Å². The Hall–Kier alpha value is -1.29. The second-order valence-corrected chi connectivity index (χ2v) is 7.29. The van der Waals surface area contributed by atoms with Crippen molar-refractivity contribution in [2.45, 2.75) is 27.3 Å². The molecule has 1 N–H and O–H groups in total. The van der Waals surface area contributed by atoms with E-state index in [0.717, 1.165) is 44.4 Å². The van der Waals surface area contributed by atoms with E-state index in [-0.39, 0.29) is 24.0 Å². The highest BCUT2D eigenvalue weighted by molar-refractivity contribution is 14.0. The molecule has 2 aromatic heterocycles. The lowest BCUT2D eigenvalue weighted by atomic mass is 10.2. The average molecular weight is 488 g/mol. The number of guanidine groups is 1. The molecule has 1 fully saturated rings. The summed E-state index contributed by atoms with van der Waals surface area (Å²) in [4.78, 5) is 9.72. The van der Waals surface area contributed by atoms with Crippen LogP contribution in [0.3, 0.4) is 0 Å². The second kappa shape index (κ2) is 9.59. The summed E-state index contributed by atoms with van der Waals surface area (Å²) in [5.41, 5.74) is 3.50. The molecule has 0 unspecified atom stereocenters. The summed E-state index contributed by atoms with van der Waals surface area (Å²) >= 11 is 1.81. The lowest BCUT2D eigenvalue weighted by Gasteiger charge is -2.37. The van der Waals surface area contributed by atoms with Gasteiger partial charge in [0.1, 0.15) is 0 Å². The Kier molecular flexibility index (Phi) is 7.75. The van der Waals surface area contributed by atoms with Crippen molar-refractivity contribution in [1.82, 2.24) is 20.0 Å². The lowest BCUT2D eigenvalue weighted by Crippen LogP contribution is -2.52. The van der Waals surface area contributed by atoms with Gasteiger partial charge in [-0.1, -0.05) is 0 Å². The van der Waals surface area contributed by atoms with Crippen LogP contribution in [0.15, 0.2) is 22.5 Å². The van der Waals surface area contributed by atoms with Crippen LogP contribution >= 0.6 is 35.3 Å². The quantitative estimate of drug-likeness (QED) is 0.409. The van der Waals surface area contributed by atoms with Gasteiger partial charge in [-0.15, -0.1) is 35.3 Å². The minimum Gasteiger partial charge on any atom is -0.360 e. The van der Waals surface area contributed by atoms with Gasteiger partial charge in [-0.25, -0.2) is 4.99 Å². The molecular formula is C18H29IN6S. The minimum atomic E-state index is 0. The van der Waals surface area contributed by atoms with Crippen LogP contribution in [-0.4, -0.2) is 53.4 Å². The molecule has 0 aliphatic carbocycles. The Morgan fingerprint density at radius 1 is 1.27 bits per heavy atom. The normalized spacial score (nSPS) is 15.2. The number of thiophene rings is 1. The fourth-order valence-corrected chi connectivity index (χ4v) is 4.00. The number of nitrogens with one attached hydrogen (secondary N) is 1. The first-order valence-electron chi connectivity index (χ1n) is 8.91. The highest BCUT2D eigenvalue weighted by Gasteiger charge is 2.20. The Labute approximate surface area is 177 Å². The standard InChI is InChI=1S/C18H28N6S.HI/c1-5-19-18(20-13-16-14(2)21-22(4)15(16)3)24-10-8-23(9-11-24)17-7-6-12-25-17;/h6-7,12H,5,8-11,13H2,1-4H3,(H,19,20);1H. The topological polar surface area (TPSA) is 48.7 Å². The third kappa shape index (κ3) is 4.70. The molecule has 0 saturated carbocycles. The molecule has 0 aromatic carbocycles. The largest absolute Gasteiger partial charge is 0.360 e. The molecule has 1 saturated heterocycles. The van der Waals surface area contributed by atoms with E-state index in [9.17, 15) is 0 Å². The molecule has 0 bridgehead atoms. The third-order valence-electron chi connectivity index (χ3n) is 4.78. The van der Waals surface area contributed by atoms with Gasteiger partial charge in [0.2, 0.25) is 0 Å². The zero-order chi connectivity index (χ0) is 17.8. The Bertz CT molecular complexity index is 716. The van der Waals surface area contributed by atoms with Gasteiger partial charge < -0.3 is 15.1 Å². The van der Waals surface area contributed by atoms with Gasteiger partial charge in [0.15, 0.2) is 5.96 Å². The van der Waals surface area contributed by atoms with Crippen molar-refractivity contribution in [3.05, 3.63) is 34.5 Å². The Morgan fingerprint density at radius 2 is 2.00 bits per heavy atom. The minimum absolute atomic E-state index is 0. The summed E-state index contributed by atoms with van der Waals surface area (Å²) < 4.78 is 1.94. The monoisotopic (exact) mass is 488 g/mol. The zero-order valence-corrected chi connectivity index (χ0v) is 19.2. The predicted molar refractivity (Wildman–Crippen MR) is 121 cm³/mol. The van der Waals surface area contributed by atoms with Crippen LogP contribution in [0.25, 0.3) is 0 Å². The summed E-state index contributed by atoms with van der Waals surface area (Å²) in [5, 5.41) is 11.5. The van der Waals surface area contributed by atoms with Gasteiger partial charge in [0.25, 0.3) is 0 Å². The van der Waals surface area contributed by atoms with Crippen molar-refractivity contribution in [2.75, 3.05) is 37.6 Å². The maximum Gasteiger partial charge on any atom is 0.194 e. The Balaban J connectivity index is 0.00000243. The van der Waals surface area contributed by atoms with Crippen LogP contribution < -0.4 is 10.2 Å². The fourth-order valence-electron chi connectivity index (χ4n) is 3.21. The molecule has 8 heteroatoms. The molecule has 3 heterocycles. The predicted octanol–water partition coefficient (Wildman–Crippen LogP) is 3.00. The molecule has 6 nitrogen and oxygen atoms in total. The molecule has 2 aromatic rings. The number of aryl methyl sites for hydroxylation is 2. The van der Waals surface area contributed by atoms with Crippen LogP contribution in [0.2, 0.25) is 0 Å². The molecule has 0 radical (unpaired) electrons. The first-order valence-corrected chi connectivity index (χ1v) is 9.79. The molecule has 26 heavy (non-hydrogen) atoms. The molecule has 144 valence electrons. The molecule has 1 aliphatic rings. The van der Waals surface area contributed by atoms with Gasteiger partial charge in [0, 0.05) is 51.0 Å². The number of anilines is 1. The number of halogens is 1. The van der Waals surface area contributed by atoms with Gasteiger partial charge >= 0.3 is 0 Å². The number of hydrogen-bond acceptors (Lipinski definition) is 4. The Morgan fingerprint density at radius 3 is 2.54 bits per heavy atom. The van der Waals surface area contributed by atoms with Gasteiger partial charge in [-0.3, -0.25) is 4.68 Å². The van der Waals surface area contributed by atoms with Crippen LogP contribution in [0, 0.1) is 13.8 Å². The lowest BCUT2D eigenvalue weighted by molar-refractivity contribution is 0.373. The van der Waals surface area contributed by atoms with Crippen molar-refractivity contribution in [3.63, 3.8) is 0 Å². The van der Waals surface area contributed by atoms with Crippen LogP contribution in [-0.2, 0) is 13.6 Å². The maximum absolute atomic E-state index is 4.89. The smallest absolute Gasteiger partial charge is 0.194 e. The first kappa shape index (κ1) is 21.0. The van der Waals surface area contributed by atoms with E-state index in [1.54, 1.807) is 0 Å². The van der Waals surface area contributed by atoms with Crippen molar-refractivity contribution in [1.29, 1.82) is 0 Å². The van der Waals surface area contributed by atoms with Crippen molar-refractivity contribution in [2.24, 2.45) is 12.0 Å². The molecule has 1 aliphatic heterocycles. The van der Waals surface area contributed by atoms with Crippen molar-refractivity contribution < 1.29 is 0 Å². The zero-order valence-electron chi connectivity index (χ0n) is 16.0. The van der Waals surface area contributed by atoms with E-state index >= 15 is 0 Å². The van der Waals surface area contributed by atoms with E-state index < -0.39 is 0 Å². The molecule has 0 spiro atoms. The number of nitrogens with zero attached hydrogens (tertiary/aromatic N) is 5. The van der Waals surface area contributed by atoms with E-state index in [2.05, 4.69) is 58.5 Å². The summed E-state index contributed by atoms with van der Waals surface area (Å²) in [5.74, 6) is 1.01. The van der Waals surface area contributed by atoms with Crippen molar-refractivity contribution >= 4 is 46.3 Å². The van der Waals surface area contributed by atoms with E-state index in [4.69, 9.17) is 4.99 Å². The molecule has 3 rings (SSSR count). The van der Waals surface area contributed by atoms with Gasteiger partial charge in [0.05, 0.1) is 17.2 Å². The van der Waals surface area contributed by atoms with Gasteiger partial charge in [-0.2, -0.15) is 5.10 Å². The number of rotatable bonds is 4. The molecule has 0 amide bonds. The van der Waals surface area contributed by atoms with Crippen LogP contribution in [0.4, 0.5) is 5.00 Å². The van der Waals surface area contributed by atoms with Crippen LogP contribution in [0.1, 0.15) is 23.9 Å². The summed E-state index contributed by atoms with van der Waals surface area (Å²) in [6.07, 6.45) is 0. The third-order valence-corrected chi connectivity index (χ3v) is 5.71. The maximum atomic E-state index is 4.89. The van der Waals surface area contributed by atoms with E-state index in [0.29, 0.717) is 6.54 Å². The SMILES string of the molecule is CCNC(=NCc1c(C)nn(C)c1C)N1CCN(c2cccs2)CC1.I. The highest BCUT2D eigenvalue weighted by atomic mass is 127. The van der Waals surface area contributed by atoms with E-state index in [1.165, 1.54) is 16.3 Å². The average Bonchev–Trinajstić information content (AvgIpc) is 3.22. The van der Waals surface area contributed by atoms with Crippen LogP contribution in [0.5, 0.6) is 0 Å². The fraction of sp³-hybridized carbons (Fsp3) is 0.556. The summed E-state index contributed by atoms with van der Waals surface area (Å²) in [6, 6.07) is 4.32. The molecule has 0 atom stereocenters. The second-order valence-electron chi connectivity index (χ2n) is 6.37. The first-order chi connectivity index (χ1) is 12.1. The summed E-state index contributed by atoms with van der Waals surface area (Å²) in [6.45, 7) is 11.9. The van der Waals surface area contributed by atoms with Gasteiger partial charge in [-0.05, 0) is 38.3 Å². The number of piperazine rings is 1. The number of hydrogen-bond donors (Lipinski definition) is 1. The highest BCUT2D eigenvalue weighted by Crippen LogP contribution is 2.22. The molecular weight excluding hydrogens is 459 g/mol. The van der Waals surface area contributed by atoms with E-state index in [1.807, 2.05) is 23.1 Å². The summed E-state index contributed by atoms with van der Waals surface area (Å²) in [7, 11) is 1.99.